The Hall–Kier alpha value is -3.26. The van der Waals surface area contributed by atoms with E-state index in [0.717, 1.165) is 30.5 Å². The number of carboxylic acids is 1. The van der Waals surface area contributed by atoms with Crippen LogP contribution in [0.3, 0.4) is 0 Å². The normalized spacial score (nSPS) is 23.5. The molecule has 4 rings (SSSR count). The van der Waals surface area contributed by atoms with Crippen molar-refractivity contribution in [1.29, 1.82) is 5.26 Å². The number of benzene rings is 2. The third-order valence-electron chi connectivity index (χ3n) is 8.79. The van der Waals surface area contributed by atoms with E-state index in [-0.39, 0.29) is 11.8 Å². The lowest BCUT2D eigenvalue weighted by Gasteiger charge is -2.37. The van der Waals surface area contributed by atoms with Gasteiger partial charge in [0.25, 0.3) is 0 Å². The molecule has 0 bridgehead atoms. The minimum Gasteiger partial charge on any atom is -0.492 e. The Morgan fingerprint density at radius 3 is 2.53 bits per heavy atom. The van der Waals surface area contributed by atoms with Gasteiger partial charge in [0.05, 0.1) is 18.6 Å². The molecule has 0 saturated heterocycles. The molecule has 0 aliphatic heterocycles. The maximum absolute atomic E-state index is 10.8. The van der Waals surface area contributed by atoms with Gasteiger partial charge >= 0.3 is 5.97 Å². The molecule has 5 nitrogen and oxygen atoms in total. The average molecular weight is 515 g/mol. The zero-order valence-electron chi connectivity index (χ0n) is 23.0. The van der Waals surface area contributed by atoms with Crippen molar-refractivity contribution in [1.82, 2.24) is 5.32 Å². The van der Waals surface area contributed by atoms with E-state index >= 15 is 0 Å². The fraction of sp³-hybridized carbons (Fsp3) is 0.515. The Labute approximate surface area is 227 Å². The zero-order valence-corrected chi connectivity index (χ0v) is 23.0. The minimum atomic E-state index is -0.828. The van der Waals surface area contributed by atoms with Gasteiger partial charge in [-0.1, -0.05) is 76.4 Å². The van der Waals surface area contributed by atoms with E-state index < -0.39 is 5.97 Å². The van der Waals surface area contributed by atoms with E-state index in [9.17, 15) is 10.1 Å². The Morgan fingerprint density at radius 1 is 1.16 bits per heavy atom. The van der Waals surface area contributed by atoms with Crippen molar-refractivity contribution in [2.75, 3.05) is 13.2 Å². The minimum absolute atomic E-state index is 0.0534. The molecular formula is C33H42N2O3. The smallest absolute Gasteiger partial charge is 0.305 e. The van der Waals surface area contributed by atoms with E-state index in [0.29, 0.717) is 42.2 Å². The molecule has 2 aromatic rings. The van der Waals surface area contributed by atoms with Crippen LogP contribution >= 0.6 is 0 Å². The van der Waals surface area contributed by atoms with Gasteiger partial charge in [0.2, 0.25) is 0 Å². The van der Waals surface area contributed by atoms with E-state index in [1.165, 1.54) is 43.2 Å². The lowest BCUT2D eigenvalue weighted by molar-refractivity contribution is -0.136. The van der Waals surface area contributed by atoms with E-state index in [1.807, 2.05) is 6.07 Å². The van der Waals surface area contributed by atoms with Gasteiger partial charge in [0, 0.05) is 17.7 Å². The average Bonchev–Trinajstić information content (AvgIpc) is 3.29. The Morgan fingerprint density at radius 2 is 1.87 bits per heavy atom. The van der Waals surface area contributed by atoms with Crippen molar-refractivity contribution in [3.63, 3.8) is 0 Å². The molecule has 0 amide bonds. The van der Waals surface area contributed by atoms with Gasteiger partial charge in [-0.2, -0.15) is 5.26 Å². The maximum Gasteiger partial charge on any atom is 0.305 e. The summed E-state index contributed by atoms with van der Waals surface area (Å²) in [6.45, 7) is 9.74. The first-order valence-corrected chi connectivity index (χ1v) is 14.3. The van der Waals surface area contributed by atoms with Crippen LogP contribution in [0.5, 0.6) is 5.75 Å². The molecule has 0 aromatic heterocycles. The van der Waals surface area contributed by atoms with Crippen LogP contribution in [-0.4, -0.2) is 24.2 Å². The number of rotatable bonds is 11. The van der Waals surface area contributed by atoms with Gasteiger partial charge in [0.1, 0.15) is 11.8 Å². The maximum atomic E-state index is 10.8. The highest BCUT2D eigenvalue weighted by Crippen LogP contribution is 2.54. The van der Waals surface area contributed by atoms with E-state index in [1.54, 1.807) is 0 Å². The number of ether oxygens (including phenoxy) is 1. The zero-order chi connectivity index (χ0) is 27.1. The third kappa shape index (κ3) is 6.07. The lowest BCUT2D eigenvalue weighted by atomic mass is 9.66. The summed E-state index contributed by atoms with van der Waals surface area (Å²) in [4.78, 5) is 10.8. The van der Waals surface area contributed by atoms with Crippen LogP contribution in [0, 0.1) is 29.1 Å². The first-order chi connectivity index (χ1) is 18.4. The molecule has 0 heterocycles. The summed E-state index contributed by atoms with van der Waals surface area (Å²) in [7, 11) is 0. The Bertz CT molecular complexity index is 1160. The van der Waals surface area contributed by atoms with Gasteiger partial charge in [-0.3, -0.25) is 4.79 Å². The summed E-state index contributed by atoms with van der Waals surface area (Å²) in [5.74, 6) is 1.52. The first kappa shape index (κ1) is 27.8. The molecule has 3 unspecified atom stereocenters. The summed E-state index contributed by atoms with van der Waals surface area (Å²) in [5.41, 5.74) is 4.59. The Balaban J connectivity index is 1.62. The number of nitrogens with zero attached hydrogens (tertiary/aromatic N) is 1. The van der Waals surface area contributed by atoms with Crippen LogP contribution in [0.1, 0.15) is 93.9 Å². The predicted octanol–water partition coefficient (Wildman–Crippen LogP) is 7.29. The molecular weight excluding hydrogens is 472 g/mol. The van der Waals surface area contributed by atoms with Crippen molar-refractivity contribution in [3.05, 3.63) is 71.3 Å². The van der Waals surface area contributed by atoms with E-state index in [4.69, 9.17) is 9.84 Å². The molecule has 3 atom stereocenters. The largest absolute Gasteiger partial charge is 0.492 e. The molecule has 2 N–H and O–H groups in total. The second-order valence-corrected chi connectivity index (χ2v) is 11.4. The third-order valence-corrected chi connectivity index (χ3v) is 8.79. The predicted molar refractivity (Wildman–Crippen MR) is 152 cm³/mol. The fourth-order valence-electron chi connectivity index (χ4n) is 6.85. The van der Waals surface area contributed by atoms with Gasteiger partial charge in [-0.25, -0.2) is 0 Å². The van der Waals surface area contributed by atoms with Crippen molar-refractivity contribution < 1.29 is 14.6 Å². The van der Waals surface area contributed by atoms with Crippen LogP contribution in [0.25, 0.3) is 5.70 Å². The summed E-state index contributed by atoms with van der Waals surface area (Å²) in [6.07, 6.45) is 9.63. The summed E-state index contributed by atoms with van der Waals surface area (Å²) in [6, 6.07) is 17.3. The number of nitriles is 1. The lowest BCUT2D eigenvalue weighted by Crippen LogP contribution is -2.32. The summed E-state index contributed by atoms with van der Waals surface area (Å²) >= 11 is 0. The number of carboxylic acid groups (broad SMARTS) is 1. The van der Waals surface area contributed by atoms with Crippen LogP contribution in [-0.2, 0) is 10.2 Å². The van der Waals surface area contributed by atoms with Gasteiger partial charge in [0.15, 0.2) is 0 Å². The molecule has 2 aliphatic rings. The first-order valence-electron chi connectivity index (χ1n) is 14.3. The van der Waals surface area contributed by atoms with Crippen molar-refractivity contribution in [3.8, 4) is 11.8 Å². The molecule has 202 valence electrons. The fourth-order valence-corrected chi connectivity index (χ4v) is 6.85. The highest BCUT2D eigenvalue weighted by Gasteiger charge is 2.47. The summed E-state index contributed by atoms with van der Waals surface area (Å²) < 4.78 is 6.21. The molecule has 0 spiro atoms. The summed E-state index contributed by atoms with van der Waals surface area (Å²) in [5, 5.41) is 22.1. The molecule has 38 heavy (non-hydrogen) atoms. The van der Waals surface area contributed by atoms with Crippen LogP contribution in [0.2, 0.25) is 0 Å². The van der Waals surface area contributed by atoms with Crippen molar-refractivity contribution in [2.45, 2.75) is 77.0 Å². The molecule has 2 saturated carbocycles. The number of nitrogens with one attached hydrogen (secondary N) is 1. The molecule has 0 radical (unpaired) electrons. The van der Waals surface area contributed by atoms with Gasteiger partial charge in [-0.15, -0.1) is 0 Å². The second kappa shape index (κ2) is 12.5. The molecule has 2 aromatic carbocycles. The number of hydrogen-bond donors (Lipinski definition) is 2. The number of aliphatic carboxylic acids is 1. The van der Waals surface area contributed by atoms with Gasteiger partial charge in [-0.05, 0) is 72.3 Å². The Kier molecular flexibility index (Phi) is 9.15. The number of carbonyl (C=O) groups is 1. The van der Waals surface area contributed by atoms with Crippen molar-refractivity contribution in [2.24, 2.45) is 17.8 Å². The quantitative estimate of drug-likeness (QED) is 0.329. The van der Waals surface area contributed by atoms with Crippen molar-refractivity contribution >= 4 is 11.7 Å². The highest BCUT2D eigenvalue weighted by atomic mass is 16.5. The molecule has 2 fully saturated rings. The molecule has 2 aliphatic carbocycles. The standard InChI is InChI=1S/C33H42N2O3/c1-4-28-18-23(2)20-33(28,29-12-10-26(11-13-29)24(3)35-17-16-32(36)37)30-14-15-31(27(19-30)21-34)38-22-25-8-6-5-7-9-25/h10-15,19,23,25,28,35H,3-9,16-18,20,22H2,1-2H3,(H,36,37). The SMILES string of the molecule is C=C(NCCC(=O)O)c1ccc(C2(c3ccc(OCC4CCCCC4)c(C#N)c3)CC(C)CC2CC)cc1. The molecule has 5 heteroatoms. The van der Waals surface area contributed by atoms with Crippen LogP contribution in [0.4, 0.5) is 0 Å². The van der Waals surface area contributed by atoms with E-state index in [2.05, 4.69) is 68.2 Å². The topological polar surface area (TPSA) is 82.3 Å². The number of hydrogen-bond acceptors (Lipinski definition) is 4. The van der Waals surface area contributed by atoms with Crippen LogP contribution < -0.4 is 10.1 Å². The van der Waals surface area contributed by atoms with Gasteiger partial charge < -0.3 is 15.2 Å². The monoisotopic (exact) mass is 514 g/mol. The van der Waals surface area contributed by atoms with Crippen LogP contribution in [0.15, 0.2) is 49.0 Å². The highest BCUT2D eigenvalue weighted by molar-refractivity contribution is 5.68. The second-order valence-electron chi connectivity index (χ2n) is 11.4.